The number of alkyl halides is 1. The third-order valence-corrected chi connectivity index (χ3v) is 3.10. The summed E-state index contributed by atoms with van der Waals surface area (Å²) in [6.07, 6.45) is 3.73. The van der Waals surface area contributed by atoms with Crippen molar-refractivity contribution in [3.8, 4) is 0 Å². The summed E-state index contributed by atoms with van der Waals surface area (Å²) in [5, 5.41) is 3.73. The van der Waals surface area contributed by atoms with Gasteiger partial charge in [0.05, 0.1) is 11.7 Å². The zero-order valence-electron chi connectivity index (χ0n) is 10.3. The van der Waals surface area contributed by atoms with E-state index in [1.165, 1.54) is 12.8 Å². The second-order valence-electron chi connectivity index (χ2n) is 5.36. The Morgan fingerprint density at radius 2 is 2.13 bits per heavy atom. The van der Waals surface area contributed by atoms with E-state index in [4.69, 9.17) is 16.3 Å². The van der Waals surface area contributed by atoms with E-state index in [1.54, 1.807) is 0 Å². The summed E-state index contributed by atoms with van der Waals surface area (Å²) in [6.45, 7) is 9.50. The molecule has 0 amide bonds. The lowest BCUT2D eigenvalue weighted by molar-refractivity contribution is -0.0150. The summed E-state index contributed by atoms with van der Waals surface area (Å²) in [5.74, 6) is 0. The summed E-state index contributed by atoms with van der Waals surface area (Å²) in [4.78, 5) is 0. The second-order valence-corrected chi connectivity index (χ2v) is 6.11. The molecule has 1 fully saturated rings. The van der Waals surface area contributed by atoms with E-state index in [9.17, 15) is 0 Å². The normalized spacial score (nSPS) is 29.0. The highest BCUT2D eigenvalue weighted by molar-refractivity contribution is 6.20. The second kappa shape index (κ2) is 5.51. The Kier molecular flexibility index (Phi) is 4.88. The number of ether oxygens (including phenoxy) is 1. The van der Waals surface area contributed by atoms with Gasteiger partial charge in [0.2, 0.25) is 0 Å². The van der Waals surface area contributed by atoms with Gasteiger partial charge in [-0.05, 0) is 47.0 Å². The zero-order valence-corrected chi connectivity index (χ0v) is 11.1. The lowest BCUT2D eigenvalue weighted by Crippen LogP contribution is -2.35. The van der Waals surface area contributed by atoms with E-state index in [0.717, 1.165) is 13.0 Å². The number of halogens is 1. The Bertz CT molecular complexity index is 194. The minimum atomic E-state index is 0.0787. The van der Waals surface area contributed by atoms with Crippen LogP contribution in [0.1, 0.15) is 47.0 Å². The van der Waals surface area contributed by atoms with Crippen LogP contribution >= 0.6 is 11.6 Å². The molecule has 1 aliphatic heterocycles. The van der Waals surface area contributed by atoms with E-state index in [2.05, 4.69) is 26.1 Å². The molecule has 0 aromatic carbocycles. The minimum Gasteiger partial charge on any atom is -0.371 e. The first kappa shape index (κ1) is 13.3. The smallest absolute Gasteiger partial charge is 0.0707 e. The van der Waals surface area contributed by atoms with E-state index < -0.39 is 0 Å². The fourth-order valence-corrected chi connectivity index (χ4v) is 2.39. The molecule has 1 heterocycles. The topological polar surface area (TPSA) is 21.3 Å². The molecule has 0 spiro atoms. The molecule has 3 heteroatoms. The Morgan fingerprint density at radius 1 is 1.47 bits per heavy atom. The zero-order chi connectivity index (χ0) is 11.5. The van der Waals surface area contributed by atoms with Crippen molar-refractivity contribution >= 4 is 11.6 Å². The molecular formula is C12H24ClNO. The molecule has 0 bridgehead atoms. The first-order valence-corrected chi connectivity index (χ1v) is 6.38. The lowest BCUT2D eigenvalue weighted by atomic mass is 10.1. The van der Waals surface area contributed by atoms with Crippen molar-refractivity contribution in [2.45, 2.75) is 70.1 Å². The van der Waals surface area contributed by atoms with Gasteiger partial charge in [-0.25, -0.2) is 0 Å². The molecular weight excluding hydrogens is 210 g/mol. The molecule has 1 N–H and O–H groups in total. The maximum Gasteiger partial charge on any atom is 0.0707 e. The predicted octanol–water partition coefficient (Wildman–Crippen LogP) is 2.94. The van der Waals surface area contributed by atoms with Crippen LogP contribution in [-0.4, -0.2) is 29.7 Å². The number of rotatable bonds is 5. The summed E-state index contributed by atoms with van der Waals surface area (Å²) >= 11 is 5.94. The van der Waals surface area contributed by atoms with Crippen molar-refractivity contribution in [1.29, 1.82) is 0 Å². The van der Waals surface area contributed by atoms with Gasteiger partial charge in [0, 0.05) is 18.0 Å². The van der Waals surface area contributed by atoms with Crippen molar-refractivity contribution in [2.24, 2.45) is 0 Å². The van der Waals surface area contributed by atoms with E-state index in [0.29, 0.717) is 12.1 Å². The summed E-state index contributed by atoms with van der Waals surface area (Å²) in [5.41, 5.74) is 0.0787. The van der Waals surface area contributed by atoms with Crippen molar-refractivity contribution in [3.05, 3.63) is 0 Å². The first-order chi connectivity index (χ1) is 6.89. The molecule has 1 aliphatic rings. The molecule has 0 radical (unpaired) electrons. The van der Waals surface area contributed by atoms with Crippen LogP contribution in [0.2, 0.25) is 0 Å². The van der Waals surface area contributed by atoms with Gasteiger partial charge < -0.3 is 10.1 Å². The monoisotopic (exact) mass is 233 g/mol. The Labute approximate surface area is 98.7 Å². The Morgan fingerprint density at radius 3 is 2.60 bits per heavy atom. The third-order valence-electron chi connectivity index (χ3n) is 2.93. The van der Waals surface area contributed by atoms with E-state index >= 15 is 0 Å². The highest BCUT2D eigenvalue weighted by atomic mass is 35.5. The van der Waals surface area contributed by atoms with E-state index in [1.807, 2.05) is 6.92 Å². The van der Waals surface area contributed by atoms with Crippen LogP contribution in [0.4, 0.5) is 0 Å². The summed E-state index contributed by atoms with van der Waals surface area (Å²) < 4.78 is 5.91. The molecule has 3 atom stereocenters. The molecule has 0 saturated carbocycles. The largest absolute Gasteiger partial charge is 0.371 e. The van der Waals surface area contributed by atoms with Crippen LogP contribution in [0, 0.1) is 0 Å². The Hall–Kier alpha value is 0.210. The molecule has 2 nitrogen and oxygen atoms in total. The lowest BCUT2D eigenvalue weighted by Gasteiger charge is -2.21. The van der Waals surface area contributed by atoms with Crippen LogP contribution in [0.5, 0.6) is 0 Å². The van der Waals surface area contributed by atoms with Crippen molar-refractivity contribution in [3.63, 3.8) is 0 Å². The molecule has 1 rings (SSSR count). The molecule has 3 unspecified atom stereocenters. The molecule has 90 valence electrons. The van der Waals surface area contributed by atoms with Crippen molar-refractivity contribution < 1.29 is 4.74 Å². The van der Waals surface area contributed by atoms with Crippen LogP contribution in [0.15, 0.2) is 0 Å². The third kappa shape index (κ3) is 5.19. The predicted molar refractivity (Wildman–Crippen MR) is 65.6 cm³/mol. The van der Waals surface area contributed by atoms with Crippen LogP contribution < -0.4 is 5.32 Å². The van der Waals surface area contributed by atoms with Gasteiger partial charge in [-0.2, -0.15) is 0 Å². The van der Waals surface area contributed by atoms with Gasteiger partial charge in [0.15, 0.2) is 0 Å². The fourth-order valence-electron chi connectivity index (χ4n) is 2.12. The molecule has 0 aromatic heterocycles. The Balaban J connectivity index is 2.15. The summed E-state index contributed by atoms with van der Waals surface area (Å²) in [6, 6.07) is 0.477. The van der Waals surface area contributed by atoms with Gasteiger partial charge in [0.25, 0.3) is 0 Å². The molecule has 0 aromatic rings. The molecule has 1 saturated heterocycles. The van der Waals surface area contributed by atoms with Crippen molar-refractivity contribution in [2.75, 3.05) is 6.54 Å². The minimum absolute atomic E-state index is 0.0787. The molecule has 15 heavy (non-hydrogen) atoms. The average molecular weight is 234 g/mol. The quantitative estimate of drug-likeness (QED) is 0.738. The number of nitrogens with one attached hydrogen (secondary N) is 1. The first-order valence-electron chi connectivity index (χ1n) is 5.94. The van der Waals surface area contributed by atoms with Crippen LogP contribution in [0.25, 0.3) is 0 Å². The van der Waals surface area contributed by atoms with Crippen molar-refractivity contribution in [1.82, 2.24) is 5.32 Å². The SMILES string of the molecule is CC(Cl)CC(C)NCC1CCC(C)(C)O1. The highest BCUT2D eigenvalue weighted by Crippen LogP contribution is 2.28. The standard InChI is InChI=1S/C12H24ClNO/c1-9(13)7-10(2)14-8-11-5-6-12(3,4)15-11/h9-11,14H,5-8H2,1-4H3. The van der Waals surface area contributed by atoms with Crippen LogP contribution in [-0.2, 0) is 4.74 Å². The average Bonchev–Trinajstić information content (AvgIpc) is 2.41. The van der Waals surface area contributed by atoms with Gasteiger partial charge in [-0.3, -0.25) is 0 Å². The molecule has 0 aliphatic carbocycles. The summed E-state index contributed by atoms with van der Waals surface area (Å²) in [7, 11) is 0. The van der Waals surface area contributed by atoms with E-state index in [-0.39, 0.29) is 11.0 Å². The number of hydrogen-bond donors (Lipinski definition) is 1. The van der Waals surface area contributed by atoms with Crippen LogP contribution in [0.3, 0.4) is 0 Å². The van der Waals surface area contributed by atoms with Gasteiger partial charge in [0.1, 0.15) is 0 Å². The van der Waals surface area contributed by atoms with Gasteiger partial charge >= 0.3 is 0 Å². The maximum atomic E-state index is 5.94. The van der Waals surface area contributed by atoms with Gasteiger partial charge in [-0.15, -0.1) is 11.6 Å². The number of hydrogen-bond acceptors (Lipinski definition) is 2. The highest BCUT2D eigenvalue weighted by Gasteiger charge is 2.31. The fraction of sp³-hybridized carbons (Fsp3) is 1.00. The van der Waals surface area contributed by atoms with Gasteiger partial charge in [-0.1, -0.05) is 0 Å². The maximum absolute atomic E-state index is 5.94.